The second kappa shape index (κ2) is 58.7. The molecule has 0 radical (unpaired) electrons. The van der Waals surface area contributed by atoms with Gasteiger partial charge in [0.25, 0.3) is 0 Å². The molecule has 0 heterocycles. The van der Waals surface area contributed by atoms with E-state index < -0.39 is 6.10 Å². The standard InChI is InChI=1S/C64H114O6/c1-4-7-10-13-16-19-21-23-25-26-27-28-29-30-31-32-33-34-35-36-37-38-40-41-43-45-48-51-54-57-63(66)69-60-61(59-68-62(65)56-53-50-47-18-15-12-9-6-3)70-64(67)58-55-52-49-46-44-42-39-24-22-20-17-14-11-8-5-2/h17,20-21,23-24,26-27,29-30,39,61H,4-16,18-19,22,25,28,31-38,40-60H2,1-3H3/b20-17-,23-21-,27-26-,30-29-,39-24-. The fourth-order valence-corrected chi connectivity index (χ4v) is 8.66. The maximum atomic E-state index is 12.8. The Labute approximate surface area is 434 Å². The summed E-state index contributed by atoms with van der Waals surface area (Å²) in [6.45, 7) is 6.58. The van der Waals surface area contributed by atoms with Crippen LogP contribution in [0, 0.1) is 0 Å². The molecule has 406 valence electrons. The molecule has 1 unspecified atom stereocenters. The highest BCUT2D eigenvalue weighted by atomic mass is 16.6. The van der Waals surface area contributed by atoms with Gasteiger partial charge >= 0.3 is 17.9 Å². The van der Waals surface area contributed by atoms with Crippen LogP contribution in [0.15, 0.2) is 60.8 Å². The van der Waals surface area contributed by atoms with Crippen LogP contribution in [-0.2, 0) is 28.6 Å². The fourth-order valence-electron chi connectivity index (χ4n) is 8.66. The van der Waals surface area contributed by atoms with E-state index in [0.29, 0.717) is 19.3 Å². The van der Waals surface area contributed by atoms with Crippen LogP contribution in [0.1, 0.15) is 310 Å². The highest BCUT2D eigenvalue weighted by Gasteiger charge is 2.19. The summed E-state index contributed by atoms with van der Waals surface area (Å²) in [7, 11) is 0. The SMILES string of the molecule is CCCCC/C=C\C/C=C\CCCCCCCC(=O)OC(COC(=O)CCCCCCCCCC)COC(=O)CCCCCCCCCCCCCCCC/C=C\C/C=C\C/C=C\CCCCCCC. The van der Waals surface area contributed by atoms with Crippen molar-refractivity contribution in [3.63, 3.8) is 0 Å². The molecule has 0 rings (SSSR count). The first kappa shape index (κ1) is 67.1. The molecule has 0 bridgehead atoms. The monoisotopic (exact) mass is 979 g/mol. The first-order chi connectivity index (χ1) is 34.5. The van der Waals surface area contributed by atoms with Crippen molar-refractivity contribution in [2.24, 2.45) is 0 Å². The molecule has 0 aromatic heterocycles. The molecule has 6 nitrogen and oxygen atoms in total. The number of esters is 3. The molecule has 0 spiro atoms. The third-order valence-electron chi connectivity index (χ3n) is 13.2. The maximum Gasteiger partial charge on any atom is 0.306 e. The summed E-state index contributed by atoms with van der Waals surface area (Å²) >= 11 is 0. The number of carbonyl (C=O) groups is 3. The van der Waals surface area contributed by atoms with E-state index in [9.17, 15) is 14.4 Å². The molecule has 0 aliphatic rings. The number of carbonyl (C=O) groups excluding carboxylic acids is 3. The van der Waals surface area contributed by atoms with Crippen LogP contribution in [0.25, 0.3) is 0 Å². The molecule has 0 aromatic rings. The van der Waals surface area contributed by atoms with Gasteiger partial charge in [-0.25, -0.2) is 0 Å². The molecule has 0 N–H and O–H groups in total. The normalized spacial score (nSPS) is 12.4. The molecule has 0 saturated carbocycles. The lowest BCUT2D eigenvalue weighted by Gasteiger charge is -2.18. The summed E-state index contributed by atoms with van der Waals surface area (Å²) in [6, 6.07) is 0. The highest BCUT2D eigenvalue weighted by Crippen LogP contribution is 2.16. The zero-order valence-electron chi connectivity index (χ0n) is 46.5. The van der Waals surface area contributed by atoms with E-state index in [4.69, 9.17) is 14.2 Å². The van der Waals surface area contributed by atoms with Gasteiger partial charge in [-0.3, -0.25) is 14.4 Å². The Hall–Kier alpha value is -2.89. The van der Waals surface area contributed by atoms with Gasteiger partial charge in [-0.05, 0) is 89.9 Å². The summed E-state index contributed by atoms with van der Waals surface area (Å²) in [5.74, 6) is -0.886. The van der Waals surface area contributed by atoms with Crippen LogP contribution in [-0.4, -0.2) is 37.2 Å². The van der Waals surface area contributed by atoms with Crippen molar-refractivity contribution >= 4 is 17.9 Å². The van der Waals surface area contributed by atoms with E-state index in [1.807, 2.05) is 0 Å². The van der Waals surface area contributed by atoms with E-state index in [2.05, 4.69) is 81.5 Å². The Balaban J connectivity index is 4.11. The van der Waals surface area contributed by atoms with E-state index in [-0.39, 0.29) is 31.1 Å². The van der Waals surface area contributed by atoms with Crippen LogP contribution in [0.4, 0.5) is 0 Å². The smallest absolute Gasteiger partial charge is 0.306 e. The molecule has 1 atom stereocenters. The number of ether oxygens (including phenoxy) is 3. The van der Waals surface area contributed by atoms with Gasteiger partial charge in [-0.15, -0.1) is 0 Å². The third kappa shape index (κ3) is 56.0. The molecule has 6 heteroatoms. The number of rotatable bonds is 55. The maximum absolute atomic E-state index is 12.8. The molecule has 0 aliphatic heterocycles. The average molecular weight is 980 g/mol. The Morgan fingerprint density at radius 3 is 0.829 bits per heavy atom. The second-order valence-corrected chi connectivity index (χ2v) is 20.3. The fraction of sp³-hybridized carbons (Fsp3) is 0.797. The van der Waals surface area contributed by atoms with Crippen molar-refractivity contribution in [1.29, 1.82) is 0 Å². The zero-order valence-corrected chi connectivity index (χ0v) is 46.5. The van der Waals surface area contributed by atoms with Crippen molar-refractivity contribution < 1.29 is 28.6 Å². The largest absolute Gasteiger partial charge is 0.462 e. The molecule has 0 aliphatic carbocycles. The van der Waals surface area contributed by atoms with Crippen molar-refractivity contribution in [3.05, 3.63) is 60.8 Å². The Bertz CT molecular complexity index is 1260. The minimum Gasteiger partial charge on any atom is -0.462 e. The van der Waals surface area contributed by atoms with Crippen molar-refractivity contribution in [3.8, 4) is 0 Å². The van der Waals surface area contributed by atoms with Crippen LogP contribution < -0.4 is 0 Å². The van der Waals surface area contributed by atoms with Crippen molar-refractivity contribution in [1.82, 2.24) is 0 Å². The Morgan fingerprint density at radius 1 is 0.286 bits per heavy atom. The lowest BCUT2D eigenvalue weighted by atomic mass is 10.0. The minimum absolute atomic E-state index is 0.0775. The van der Waals surface area contributed by atoms with Crippen LogP contribution >= 0.6 is 0 Å². The lowest BCUT2D eigenvalue weighted by molar-refractivity contribution is -0.167. The van der Waals surface area contributed by atoms with E-state index >= 15 is 0 Å². The molecule has 70 heavy (non-hydrogen) atoms. The topological polar surface area (TPSA) is 78.9 Å². The number of allylic oxidation sites excluding steroid dienone is 10. The molecule has 0 amide bonds. The summed E-state index contributed by atoms with van der Waals surface area (Å²) in [5, 5.41) is 0. The highest BCUT2D eigenvalue weighted by molar-refractivity contribution is 5.71. The van der Waals surface area contributed by atoms with Crippen LogP contribution in [0.2, 0.25) is 0 Å². The number of unbranched alkanes of at least 4 members (excludes halogenated alkanes) is 34. The third-order valence-corrected chi connectivity index (χ3v) is 13.2. The molecule has 0 saturated heterocycles. The minimum atomic E-state index is -0.778. The van der Waals surface area contributed by atoms with Crippen LogP contribution in [0.3, 0.4) is 0 Å². The van der Waals surface area contributed by atoms with E-state index in [1.165, 1.54) is 173 Å². The van der Waals surface area contributed by atoms with Gasteiger partial charge in [0.1, 0.15) is 13.2 Å². The Kier molecular flexibility index (Phi) is 56.3. The quantitative estimate of drug-likeness (QED) is 0.0261. The second-order valence-electron chi connectivity index (χ2n) is 20.3. The van der Waals surface area contributed by atoms with E-state index in [1.54, 1.807) is 0 Å². The number of hydrogen-bond donors (Lipinski definition) is 0. The molecule has 0 fully saturated rings. The van der Waals surface area contributed by atoms with Gasteiger partial charge in [0.2, 0.25) is 0 Å². The van der Waals surface area contributed by atoms with Gasteiger partial charge in [0, 0.05) is 19.3 Å². The van der Waals surface area contributed by atoms with E-state index in [0.717, 1.165) is 96.3 Å². The average Bonchev–Trinajstić information content (AvgIpc) is 3.36. The van der Waals surface area contributed by atoms with Crippen LogP contribution in [0.5, 0.6) is 0 Å². The van der Waals surface area contributed by atoms with Gasteiger partial charge in [-0.2, -0.15) is 0 Å². The first-order valence-corrected chi connectivity index (χ1v) is 30.3. The van der Waals surface area contributed by atoms with Gasteiger partial charge < -0.3 is 14.2 Å². The Morgan fingerprint density at radius 2 is 0.514 bits per heavy atom. The summed E-state index contributed by atoms with van der Waals surface area (Å²) in [5.41, 5.74) is 0. The lowest BCUT2D eigenvalue weighted by Crippen LogP contribution is -2.30. The zero-order chi connectivity index (χ0) is 50.7. The predicted octanol–water partition coefficient (Wildman–Crippen LogP) is 20.4. The first-order valence-electron chi connectivity index (χ1n) is 30.3. The summed E-state index contributed by atoms with van der Waals surface area (Å²) in [4.78, 5) is 38.0. The van der Waals surface area contributed by atoms with Crippen molar-refractivity contribution in [2.75, 3.05) is 13.2 Å². The molecule has 0 aromatic carbocycles. The van der Waals surface area contributed by atoms with Gasteiger partial charge in [0.05, 0.1) is 0 Å². The predicted molar refractivity (Wildman–Crippen MR) is 302 cm³/mol. The van der Waals surface area contributed by atoms with Crippen molar-refractivity contribution in [2.45, 2.75) is 316 Å². The molecular weight excluding hydrogens is 865 g/mol. The molecular formula is C64H114O6. The number of hydrogen-bond acceptors (Lipinski definition) is 6. The van der Waals surface area contributed by atoms with Gasteiger partial charge in [-0.1, -0.05) is 261 Å². The van der Waals surface area contributed by atoms with Gasteiger partial charge in [0.15, 0.2) is 6.10 Å². The summed E-state index contributed by atoms with van der Waals surface area (Å²) < 4.78 is 16.8. The summed E-state index contributed by atoms with van der Waals surface area (Å²) in [6.07, 6.45) is 73.8.